The number of ether oxygens (including phenoxy) is 1. The van der Waals surface area contributed by atoms with E-state index in [1.807, 2.05) is 48.8 Å². The number of nitro benzene ring substituents is 1. The summed E-state index contributed by atoms with van der Waals surface area (Å²) in [6.07, 6.45) is 14.0. The van der Waals surface area contributed by atoms with E-state index in [4.69, 9.17) is 4.74 Å². The predicted octanol–water partition coefficient (Wildman–Crippen LogP) is 3.83. The van der Waals surface area contributed by atoms with Gasteiger partial charge in [-0.25, -0.2) is 0 Å². The first-order chi connectivity index (χ1) is 16.9. The number of aliphatic hydroxyl groups is 1. The summed E-state index contributed by atoms with van der Waals surface area (Å²) in [4.78, 5) is 24.4. The normalized spacial score (nSPS) is 13.0. The van der Waals surface area contributed by atoms with Crippen LogP contribution in [0.3, 0.4) is 0 Å². The van der Waals surface area contributed by atoms with Crippen LogP contribution in [0.2, 0.25) is 0 Å². The highest BCUT2D eigenvalue weighted by Crippen LogP contribution is 2.20. The van der Waals surface area contributed by atoms with Gasteiger partial charge in [0.05, 0.1) is 18.2 Å². The van der Waals surface area contributed by atoms with Gasteiger partial charge in [0.1, 0.15) is 11.5 Å². The third-order valence-electron chi connectivity index (χ3n) is 5.30. The van der Waals surface area contributed by atoms with Gasteiger partial charge in [0, 0.05) is 47.8 Å². The molecule has 0 saturated carbocycles. The molecule has 2 aromatic carbocycles. The summed E-state index contributed by atoms with van der Waals surface area (Å²) in [6, 6.07) is 16.4. The Labute approximate surface area is 201 Å². The van der Waals surface area contributed by atoms with Crippen molar-refractivity contribution >= 4 is 22.8 Å². The van der Waals surface area contributed by atoms with Gasteiger partial charge in [-0.05, 0) is 47.2 Å². The molecule has 0 atom stereocenters. The number of aromatic nitrogens is 1. The van der Waals surface area contributed by atoms with Crippen molar-refractivity contribution in [1.82, 2.24) is 4.90 Å². The van der Waals surface area contributed by atoms with Gasteiger partial charge in [-0.2, -0.15) is 4.24 Å². The number of hydrogen-bond donors (Lipinski definition) is 1. The van der Waals surface area contributed by atoms with Crippen LogP contribution in [-0.2, 0) is 0 Å². The van der Waals surface area contributed by atoms with E-state index in [2.05, 4.69) is 0 Å². The molecule has 0 fully saturated rings. The van der Waals surface area contributed by atoms with Crippen molar-refractivity contribution in [2.45, 2.75) is 0 Å². The smallest absolute Gasteiger partial charge is 0.269 e. The standard InChI is InChI=1S/C27H21N3O5/c1-35-25-4-2-3-23(17-25)27(32)19-29-15-11-21(12-16-29)20-9-13-28(14-10-20)18-26(31)22-5-7-24(8-6-22)30(33)34/h2-19H,1H3/p+1/b27-19-. The Hall–Kier alpha value is -4.98. The number of non-ortho nitro benzene ring substituents is 1. The molecule has 0 radical (unpaired) electrons. The number of aliphatic hydroxyl groups excluding tert-OH is 1. The molecular weight excluding hydrogens is 446 g/mol. The molecular formula is C27H22N3O5+. The van der Waals surface area contributed by atoms with E-state index in [-0.39, 0.29) is 17.2 Å². The van der Waals surface area contributed by atoms with E-state index in [9.17, 15) is 20.0 Å². The molecule has 8 nitrogen and oxygen atoms in total. The molecule has 0 bridgehead atoms. The van der Waals surface area contributed by atoms with Gasteiger partial charge in [-0.15, -0.1) is 0 Å². The molecule has 3 aromatic rings. The van der Waals surface area contributed by atoms with E-state index in [1.165, 1.54) is 30.5 Å². The van der Waals surface area contributed by atoms with Crippen molar-refractivity contribution < 1.29 is 23.8 Å². The number of benzene rings is 2. The van der Waals surface area contributed by atoms with Crippen LogP contribution in [0.1, 0.15) is 15.9 Å². The molecule has 0 saturated heterocycles. The first-order valence-corrected chi connectivity index (χ1v) is 10.6. The maximum atomic E-state index is 12.4. The molecule has 1 aliphatic heterocycles. The highest BCUT2D eigenvalue weighted by atomic mass is 16.6. The van der Waals surface area contributed by atoms with Crippen LogP contribution in [0.15, 0.2) is 104 Å². The molecule has 35 heavy (non-hydrogen) atoms. The lowest BCUT2D eigenvalue weighted by Crippen LogP contribution is -2.22. The molecule has 2 heterocycles. The van der Waals surface area contributed by atoms with Crippen molar-refractivity contribution in [3.05, 3.63) is 136 Å². The first-order valence-electron chi connectivity index (χ1n) is 10.6. The SMILES string of the molecule is COc1cccc(/C(O)=C/N2C=CC(=c3cc[n+](=CC(=O)c4ccc([N+](=O)[O-])cc4)cc3)C=C2)c1. The summed E-state index contributed by atoms with van der Waals surface area (Å²) in [5.41, 5.74) is 1.91. The number of pyridine rings is 1. The number of nitro groups is 1. The fraction of sp³-hybridized carbons (Fsp3) is 0.0370. The first kappa shape index (κ1) is 23.2. The second kappa shape index (κ2) is 10.3. The number of carbonyl (C=O) groups is 1. The fourth-order valence-corrected chi connectivity index (χ4v) is 3.39. The highest BCUT2D eigenvalue weighted by molar-refractivity contribution is 6.00. The van der Waals surface area contributed by atoms with Crippen molar-refractivity contribution in [2.75, 3.05) is 7.11 Å². The zero-order chi connectivity index (χ0) is 24.8. The minimum absolute atomic E-state index is 0.0614. The molecule has 1 N–H and O–H groups in total. The average molecular weight is 468 g/mol. The Kier molecular flexibility index (Phi) is 6.83. The molecule has 0 unspecified atom stereocenters. The molecule has 1 aliphatic rings. The van der Waals surface area contributed by atoms with E-state index < -0.39 is 4.92 Å². The van der Waals surface area contributed by atoms with Gasteiger partial charge in [0.2, 0.25) is 12.0 Å². The minimum Gasteiger partial charge on any atom is -0.506 e. The second-order valence-corrected chi connectivity index (χ2v) is 7.61. The van der Waals surface area contributed by atoms with E-state index >= 15 is 0 Å². The van der Waals surface area contributed by atoms with Crippen LogP contribution in [0.4, 0.5) is 5.69 Å². The van der Waals surface area contributed by atoms with Crippen LogP contribution in [-0.4, -0.2) is 27.8 Å². The van der Waals surface area contributed by atoms with Crippen LogP contribution in [0.25, 0.3) is 11.3 Å². The van der Waals surface area contributed by atoms with Crippen molar-refractivity contribution in [2.24, 2.45) is 0 Å². The number of hydrogen-bond acceptors (Lipinski definition) is 6. The van der Waals surface area contributed by atoms with Crippen LogP contribution >= 0.6 is 0 Å². The lowest BCUT2D eigenvalue weighted by atomic mass is 10.1. The van der Waals surface area contributed by atoms with Crippen molar-refractivity contribution in [1.29, 1.82) is 0 Å². The van der Waals surface area contributed by atoms with Crippen molar-refractivity contribution in [3.63, 3.8) is 0 Å². The average Bonchev–Trinajstić information content (AvgIpc) is 2.89. The monoisotopic (exact) mass is 468 g/mol. The van der Waals surface area contributed by atoms with Crippen LogP contribution < -0.4 is 14.2 Å². The van der Waals surface area contributed by atoms with E-state index in [0.717, 1.165) is 10.8 Å². The van der Waals surface area contributed by atoms with Gasteiger partial charge >= 0.3 is 0 Å². The largest absolute Gasteiger partial charge is 0.506 e. The van der Waals surface area contributed by atoms with Gasteiger partial charge < -0.3 is 14.7 Å². The number of rotatable bonds is 6. The molecule has 8 heteroatoms. The predicted molar refractivity (Wildman–Crippen MR) is 131 cm³/mol. The molecule has 174 valence electrons. The van der Waals surface area contributed by atoms with Crippen LogP contribution in [0, 0.1) is 16.3 Å². The Bertz CT molecular complexity index is 1450. The summed E-state index contributed by atoms with van der Waals surface area (Å²) >= 11 is 0. The molecule has 0 spiro atoms. The molecule has 0 aliphatic carbocycles. The van der Waals surface area contributed by atoms with E-state index in [0.29, 0.717) is 16.9 Å². The lowest BCUT2D eigenvalue weighted by Gasteiger charge is -2.15. The minimum atomic E-state index is -0.504. The van der Waals surface area contributed by atoms with Gasteiger partial charge in [0.25, 0.3) is 5.69 Å². The number of methoxy groups -OCH3 is 1. The Balaban J connectivity index is 1.48. The van der Waals surface area contributed by atoms with Gasteiger partial charge in [-0.1, -0.05) is 12.1 Å². The number of Topliss-reactive ketones (excluding diaryl/α,β-unsaturated/α-hetero) is 1. The van der Waals surface area contributed by atoms with Crippen molar-refractivity contribution in [3.8, 4) is 5.75 Å². The Morgan fingerprint density at radius 3 is 2.34 bits per heavy atom. The third-order valence-corrected chi connectivity index (χ3v) is 5.30. The maximum absolute atomic E-state index is 12.4. The number of nitrogens with zero attached hydrogens (tertiary/aromatic N) is 3. The Morgan fingerprint density at radius 1 is 1.03 bits per heavy atom. The number of allylic oxidation sites excluding steroid dienone is 2. The molecule has 0 amide bonds. The molecule has 4 rings (SSSR count). The zero-order valence-electron chi connectivity index (χ0n) is 18.8. The number of ketones is 1. The summed E-state index contributed by atoms with van der Waals surface area (Å²) in [6.45, 7) is 0. The summed E-state index contributed by atoms with van der Waals surface area (Å²) in [5.74, 6) is 0.507. The highest BCUT2D eigenvalue weighted by Gasteiger charge is 2.10. The second-order valence-electron chi connectivity index (χ2n) is 7.61. The fourth-order valence-electron chi connectivity index (χ4n) is 3.39. The lowest BCUT2D eigenvalue weighted by molar-refractivity contribution is -0.505. The van der Waals surface area contributed by atoms with Gasteiger partial charge in [0.15, 0.2) is 12.4 Å². The topological polar surface area (TPSA) is 98.8 Å². The summed E-state index contributed by atoms with van der Waals surface area (Å²) < 4.78 is 6.82. The molecule has 1 aromatic heterocycles. The third kappa shape index (κ3) is 5.69. The quantitative estimate of drug-likeness (QED) is 0.194. The van der Waals surface area contributed by atoms with Crippen LogP contribution in [0.5, 0.6) is 5.75 Å². The summed E-state index contributed by atoms with van der Waals surface area (Å²) in [7, 11) is 1.58. The number of carbonyl (C=O) groups excluding carboxylic acids is 1. The zero-order valence-corrected chi connectivity index (χ0v) is 18.8. The maximum Gasteiger partial charge on any atom is 0.269 e. The van der Waals surface area contributed by atoms with E-state index in [1.54, 1.807) is 47.0 Å². The Morgan fingerprint density at radius 2 is 1.71 bits per heavy atom. The van der Waals surface area contributed by atoms with Gasteiger partial charge in [-0.3, -0.25) is 14.9 Å². The summed E-state index contributed by atoms with van der Waals surface area (Å²) in [5, 5.41) is 22.1.